The third kappa shape index (κ3) is 2.60. The van der Waals surface area contributed by atoms with Crippen LogP contribution in [0.1, 0.15) is 11.5 Å². The monoisotopic (exact) mass is 241 g/mol. The second-order valence-corrected chi connectivity index (χ2v) is 3.37. The molecule has 0 spiro atoms. The number of benzene rings is 1. The lowest BCUT2D eigenvalue weighted by atomic mass is 9.98. The van der Waals surface area contributed by atoms with Crippen molar-refractivity contribution >= 4 is 11.6 Å². The van der Waals surface area contributed by atoms with Crippen LogP contribution < -0.4 is 5.73 Å². The summed E-state index contributed by atoms with van der Waals surface area (Å²) in [5.41, 5.74) is 4.39. The van der Waals surface area contributed by atoms with Crippen molar-refractivity contribution in [1.82, 2.24) is 0 Å². The van der Waals surface area contributed by atoms with Crippen LogP contribution in [0, 0.1) is 5.82 Å². The predicted molar refractivity (Wildman–Crippen MR) is 49.3 cm³/mol. The van der Waals surface area contributed by atoms with Gasteiger partial charge in [-0.1, -0.05) is 17.7 Å². The largest absolute Gasteiger partial charge is 0.397 e. The Bertz CT molecular complexity index is 330. The Hall–Kier alpha value is -0.810. The fourth-order valence-electron chi connectivity index (χ4n) is 1.26. The summed E-state index contributed by atoms with van der Waals surface area (Å²) in [7, 11) is 0. The average Bonchev–Trinajstić information content (AvgIpc) is 2.09. The van der Waals surface area contributed by atoms with Crippen molar-refractivity contribution in [2.45, 2.75) is 12.1 Å². The number of rotatable bonds is 2. The SMILES string of the molecule is NCC(c1c(F)cccc1Cl)C(F)(F)F. The quantitative estimate of drug-likeness (QED) is 0.791. The normalized spacial score (nSPS) is 14.0. The van der Waals surface area contributed by atoms with Gasteiger partial charge in [0.1, 0.15) is 5.82 Å². The van der Waals surface area contributed by atoms with E-state index < -0.39 is 30.0 Å². The minimum Gasteiger partial charge on any atom is -0.330 e. The van der Waals surface area contributed by atoms with Gasteiger partial charge in [-0.3, -0.25) is 0 Å². The van der Waals surface area contributed by atoms with Gasteiger partial charge in [0.05, 0.1) is 5.92 Å². The Labute approximate surface area is 88.8 Å². The van der Waals surface area contributed by atoms with Crippen molar-refractivity contribution in [1.29, 1.82) is 0 Å². The predicted octanol–water partition coefficient (Wildman–Crippen LogP) is 3.08. The van der Waals surface area contributed by atoms with Gasteiger partial charge in [-0.15, -0.1) is 0 Å². The summed E-state index contributed by atoms with van der Waals surface area (Å²) in [6.45, 7) is -0.732. The smallest absolute Gasteiger partial charge is 0.330 e. The zero-order valence-electron chi connectivity index (χ0n) is 7.48. The van der Waals surface area contributed by atoms with Gasteiger partial charge >= 0.3 is 6.18 Å². The highest BCUT2D eigenvalue weighted by molar-refractivity contribution is 6.31. The molecule has 1 aromatic rings. The highest BCUT2D eigenvalue weighted by Gasteiger charge is 2.42. The Kier molecular flexibility index (Phi) is 3.57. The number of halogens is 5. The molecule has 0 saturated carbocycles. The molecule has 1 nitrogen and oxygen atoms in total. The number of alkyl halides is 3. The van der Waals surface area contributed by atoms with Gasteiger partial charge in [0.2, 0.25) is 0 Å². The molecule has 0 bridgehead atoms. The van der Waals surface area contributed by atoms with Crippen molar-refractivity contribution in [3.8, 4) is 0 Å². The van der Waals surface area contributed by atoms with E-state index in [0.717, 1.165) is 6.07 Å². The summed E-state index contributed by atoms with van der Waals surface area (Å²) in [5, 5.41) is -0.261. The van der Waals surface area contributed by atoms with E-state index in [9.17, 15) is 17.6 Å². The van der Waals surface area contributed by atoms with E-state index in [4.69, 9.17) is 17.3 Å². The van der Waals surface area contributed by atoms with Gasteiger partial charge in [-0.2, -0.15) is 13.2 Å². The molecule has 1 rings (SSSR count). The first-order valence-corrected chi connectivity index (χ1v) is 4.46. The van der Waals surface area contributed by atoms with Crippen molar-refractivity contribution in [3.05, 3.63) is 34.6 Å². The first-order chi connectivity index (χ1) is 6.88. The maximum Gasteiger partial charge on any atom is 0.397 e. The van der Waals surface area contributed by atoms with Crippen LogP contribution >= 0.6 is 11.6 Å². The molecule has 15 heavy (non-hydrogen) atoms. The minimum absolute atomic E-state index is 0.261. The molecule has 0 heterocycles. The van der Waals surface area contributed by atoms with Gasteiger partial charge in [0.15, 0.2) is 0 Å². The van der Waals surface area contributed by atoms with Crippen molar-refractivity contribution in [3.63, 3.8) is 0 Å². The molecule has 0 aromatic heterocycles. The molecule has 2 N–H and O–H groups in total. The van der Waals surface area contributed by atoms with Crippen LogP contribution in [0.25, 0.3) is 0 Å². The van der Waals surface area contributed by atoms with Gasteiger partial charge in [0, 0.05) is 17.1 Å². The Morgan fingerprint density at radius 2 is 1.93 bits per heavy atom. The van der Waals surface area contributed by atoms with Gasteiger partial charge in [-0.05, 0) is 12.1 Å². The first-order valence-electron chi connectivity index (χ1n) is 4.08. The molecule has 0 aliphatic carbocycles. The van der Waals surface area contributed by atoms with Crippen LogP contribution in [-0.2, 0) is 0 Å². The summed E-state index contributed by atoms with van der Waals surface area (Å²) >= 11 is 5.51. The van der Waals surface area contributed by atoms with Gasteiger partial charge < -0.3 is 5.73 Å². The molecule has 84 valence electrons. The van der Waals surface area contributed by atoms with E-state index in [1.807, 2.05) is 0 Å². The molecule has 1 atom stereocenters. The molecule has 0 radical (unpaired) electrons. The highest BCUT2D eigenvalue weighted by atomic mass is 35.5. The molecule has 0 aliphatic rings. The molecule has 0 aliphatic heterocycles. The lowest BCUT2D eigenvalue weighted by Crippen LogP contribution is -2.29. The summed E-state index contributed by atoms with van der Waals surface area (Å²) in [5.74, 6) is -3.05. The number of hydrogen-bond donors (Lipinski definition) is 1. The maximum atomic E-state index is 13.2. The third-order valence-corrected chi connectivity index (χ3v) is 2.31. The van der Waals surface area contributed by atoms with E-state index in [1.54, 1.807) is 0 Å². The fourth-order valence-corrected chi connectivity index (χ4v) is 1.55. The summed E-state index contributed by atoms with van der Waals surface area (Å²) in [4.78, 5) is 0. The lowest BCUT2D eigenvalue weighted by Gasteiger charge is -2.20. The van der Waals surface area contributed by atoms with Crippen molar-refractivity contribution in [2.75, 3.05) is 6.54 Å². The van der Waals surface area contributed by atoms with Crippen LogP contribution in [-0.4, -0.2) is 12.7 Å². The second-order valence-electron chi connectivity index (χ2n) is 2.97. The van der Waals surface area contributed by atoms with E-state index in [2.05, 4.69) is 0 Å². The number of hydrogen-bond acceptors (Lipinski definition) is 1. The zero-order chi connectivity index (χ0) is 11.6. The lowest BCUT2D eigenvalue weighted by molar-refractivity contribution is -0.148. The van der Waals surface area contributed by atoms with Crippen LogP contribution in [0.15, 0.2) is 18.2 Å². The Morgan fingerprint density at radius 3 is 2.33 bits per heavy atom. The molecule has 0 fully saturated rings. The van der Waals surface area contributed by atoms with Crippen LogP contribution in [0.3, 0.4) is 0 Å². The molecular formula is C9H8ClF4N. The van der Waals surface area contributed by atoms with E-state index in [0.29, 0.717) is 0 Å². The molecule has 1 aromatic carbocycles. The van der Waals surface area contributed by atoms with Crippen LogP contribution in [0.5, 0.6) is 0 Å². The van der Waals surface area contributed by atoms with E-state index in [1.165, 1.54) is 12.1 Å². The first kappa shape index (κ1) is 12.3. The van der Waals surface area contributed by atoms with Crippen LogP contribution in [0.2, 0.25) is 5.02 Å². The molecule has 6 heteroatoms. The van der Waals surface area contributed by atoms with E-state index >= 15 is 0 Å². The maximum absolute atomic E-state index is 13.2. The second kappa shape index (κ2) is 4.37. The summed E-state index contributed by atoms with van der Waals surface area (Å²) in [6, 6.07) is 3.37. The molecule has 0 saturated heterocycles. The molecule has 1 unspecified atom stereocenters. The van der Waals surface area contributed by atoms with E-state index in [-0.39, 0.29) is 5.02 Å². The molecular weight excluding hydrogens is 234 g/mol. The van der Waals surface area contributed by atoms with Crippen molar-refractivity contribution in [2.24, 2.45) is 5.73 Å². The topological polar surface area (TPSA) is 26.0 Å². The number of nitrogens with two attached hydrogens (primary N) is 1. The Balaban J connectivity index is 3.24. The highest BCUT2D eigenvalue weighted by Crippen LogP contribution is 2.38. The third-order valence-electron chi connectivity index (χ3n) is 1.98. The van der Waals surface area contributed by atoms with Gasteiger partial charge in [0.25, 0.3) is 0 Å². The van der Waals surface area contributed by atoms with Crippen LogP contribution in [0.4, 0.5) is 17.6 Å². The minimum atomic E-state index is -4.60. The molecule has 0 amide bonds. The zero-order valence-corrected chi connectivity index (χ0v) is 8.24. The van der Waals surface area contributed by atoms with Crippen molar-refractivity contribution < 1.29 is 17.6 Å². The van der Waals surface area contributed by atoms with Gasteiger partial charge in [-0.25, -0.2) is 4.39 Å². The average molecular weight is 242 g/mol. The summed E-state index contributed by atoms with van der Waals surface area (Å²) < 4.78 is 50.6. The fraction of sp³-hybridized carbons (Fsp3) is 0.333. The Morgan fingerprint density at radius 1 is 1.33 bits per heavy atom. The summed E-state index contributed by atoms with van der Waals surface area (Å²) in [6.07, 6.45) is -4.60. The standard InChI is InChI=1S/C9H8ClF4N/c10-6-2-1-3-7(11)8(6)5(4-15)9(12,13)14/h1-3,5H,4,15H2.